The number of benzene rings is 1. The molecule has 5 nitrogen and oxygen atoms in total. The molecule has 0 saturated carbocycles. The van der Waals surface area contributed by atoms with E-state index >= 15 is 0 Å². The predicted octanol–water partition coefficient (Wildman–Crippen LogP) is 5.06. The third-order valence-electron chi connectivity index (χ3n) is 6.31. The van der Waals surface area contributed by atoms with Crippen molar-refractivity contribution in [3.8, 4) is 5.00 Å². The van der Waals surface area contributed by atoms with Gasteiger partial charge in [-0.15, -0.1) is 11.3 Å². The minimum absolute atomic E-state index is 0.151. The summed E-state index contributed by atoms with van der Waals surface area (Å²) in [5, 5.41) is 3.01. The summed E-state index contributed by atoms with van der Waals surface area (Å²) in [6, 6.07) is 10.3. The lowest BCUT2D eigenvalue weighted by atomic mass is 9.96. The van der Waals surface area contributed by atoms with Crippen molar-refractivity contribution >= 4 is 28.3 Å². The van der Waals surface area contributed by atoms with Crippen LogP contribution in [-0.4, -0.2) is 38.0 Å². The van der Waals surface area contributed by atoms with E-state index in [-0.39, 0.29) is 5.91 Å². The van der Waals surface area contributed by atoms with E-state index < -0.39 is 0 Å². The molecule has 1 amide bonds. The number of hydrogen-bond donors (Lipinski definition) is 0. The molecule has 3 aromatic heterocycles. The number of carbonyl (C=O) groups excluding carboxylic acids is 1. The standard InChI is InChI=1S/C24H26N4OS/c1-17-13-21-22(14-18(17)2)28(16-25-21)15-19-5-10-26(11-6-19)23(29)20-7-12-30-24(20)27-8-3-4-9-27/h3-4,7-9,12-14,16,19H,5-6,10-11,15H2,1-2H3. The molecule has 4 heterocycles. The number of aryl methyl sites for hydroxylation is 2. The van der Waals surface area contributed by atoms with Crippen LogP contribution in [0.15, 0.2) is 54.4 Å². The van der Waals surface area contributed by atoms with Crippen molar-refractivity contribution in [1.82, 2.24) is 19.0 Å². The molecule has 6 heteroatoms. The first-order valence-electron chi connectivity index (χ1n) is 10.5. The lowest BCUT2D eigenvalue weighted by molar-refractivity contribution is 0.0684. The molecule has 0 spiro atoms. The van der Waals surface area contributed by atoms with Gasteiger partial charge >= 0.3 is 0 Å². The minimum atomic E-state index is 0.151. The Hall–Kier alpha value is -2.86. The van der Waals surface area contributed by atoms with E-state index in [1.165, 1.54) is 16.6 Å². The van der Waals surface area contributed by atoms with Crippen LogP contribution in [0.3, 0.4) is 0 Å². The van der Waals surface area contributed by atoms with Crippen LogP contribution in [0.25, 0.3) is 16.0 Å². The average Bonchev–Trinajstić information content (AvgIpc) is 3.50. The molecule has 30 heavy (non-hydrogen) atoms. The summed E-state index contributed by atoms with van der Waals surface area (Å²) in [6.07, 6.45) is 8.01. The van der Waals surface area contributed by atoms with Crippen molar-refractivity contribution in [3.05, 3.63) is 71.1 Å². The first kappa shape index (κ1) is 19.1. The number of thiophene rings is 1. The van der Waals surface area contributed by atoms with Gasteiger partial charge in [-0.2, -0.15) is 0 Å². The van der Waals surface area contributed by atoms with Crippen molar-refractivity contribution in [1.29, 1.82) is 0 Å². The van der Waals surface area contributed by atoms with Crippen LogP contribution in [0.4, 0.5) is 0 Å². The van der Waals surface area contributed by atoms with E-state index in [0.29, 0.717) is 5.92 Å². The van der Waals surface area contributed by atoms with Crippen molar-refractivity contribution in [2.75, 3.05) is 13.1 Å². The van der Waals surface area contributed by atoms with Gasteiger partial charge in [0.25, 0.3) is 5.91 Å². The SMILES string of the molecule is Cc1cc2ncn(CC3CCN(C(=O)c4ccsc4-n4cccc4)CC3)c2cc1C. The number of carbonyl (C=O) groups is 1. The number of aromatic nitrogens is 3. The summed E-state index contributed by atoms with van der Waals surface area (Å²) in [4.78, 5) is 19.8. The largest absolute Gasteiger partial charge is 0.339 e. The van der Waals surface area contributed by atoms with E-state index in [1.807, 2.05) is 51.8 Å². The van der Waals surface area contributed by atoms with Gasteiger partial charge in [0.1, 0.15) is 5.00 Å². The summed E-state index contributed by atoms with van der Waals surface area (Å²) in [5.74, 6) is 0.719. The summed E-state index contributed by atoms with van der Waals surface area (Å²) in [6.45, 7) is 6.89. The summed E-state index contributed by atoms with van der Waals surface area (Å²) in [7, 11) is 0. The second kappa shape index (κ2) is 7.76. The molecule has 0 unspecified atom stereocenters. The predicted molar refractivity (Wildman–Crippen MR) is 121 cm³/mol. The fourth-order valence-electron chi connectivity index (χ4n) is 4.36. The molecule has 154 valence electrons. The number of fused-ring (bicyclic) bond motifs is 1. The molecule has 1 aromatic carbocycles. The van der Waals surface area contributed by atoms with E-state index in [1.54, 1.807) is 11.3 Å². The molecular weight excluding hydrogens is 392 g/mol. The van der Waals surface area contributed by atoms with E-state index in [9.17, 15) is 4.79 Å². The van der Waals surface area contributed by atoms with Crippen LogP contribution in [0.1, 0.15) is 34.3 Å². The first-order chi connectivity index (χ1) is 14.6. The molecular formula is C24H26N4OS. The highest BCUT2D eigenvalue weighted by atomic mass is 32.1. The average molecular weight is 419 g/mol. The number of imidazole rings is 1. The number of amides is 1. The van der Waals surface area contributed by atoms with E-state index in [0.717, 1.165) is 48.6 Å². The summed E-state index contributed by atoms with van der Waals surface area (Å²) < 4.78 is 4.31. The van der Waals surface area contributed by atoms with E-state index in [4.69, 9.17) is 0 Å². The van der Waals surface area contributed by atoms with Gasteiger partial charge in [0, 0.05) is 32.0 Å². The molecule has 4 aromatic rings. The van der Waals surface area contributed by atoms with Gasteiger partial charge < -0.3 is 14.0 Å². The van der Waals surface area contributed by atoms with Crippen LogP contribution in [0.5, 0.6) is 0 Å². The molecule has 0 radical (unpaired) electrons. The zero-order chi connectivity index (χ0) is 20.7. The molecule has 1 saturated heterocycles. The highest BCUT2D eigenvalue weighted by molar-refractivity contribution is 7.13. The Labute approximate surface area is 180 Å². The zero-order valence-corrected chi connectivity index (χ0v) is 18.2. The van der Waals surface area contributed by atoms with Crippen molar-refractivity contribution in [3.63, 3.8) is 0 Å². The number of piperidine rings is 1. The fourth-order valence-corrected chi connectivity index (χ4v) is 5.22. The Morgan fingerprint density at radius 2 is 1.87 bits per heavy atom. The van der Waals surface area contributed by atoms with Crippen molar-refractivity contribution in [2.45, 2.75) is 33.2 Å². The van der Waals surface area contributed by atoms with Gasteiger partial charge in [0.05, 0.1) is 22.9 Å². The van der Waals surface area contributed by atoms with Gasteiger partial charge in [0.2, 0.25) is 0 Å². The maximum Gasteiger partial charge on any atom is 0.256 e. The highest BCUT2D eigenvalue weighted by Gasteiger charge is 2.26. The minimum Gasteiger partial charge on any atom is -0.339 e. The monoisotopic (exact) mass is 418 g/mol. The number of likely N-dealkylation sites (tertiary alicyclic amines) is 1. The van der Waals surface area contributed by atoms with Crippen LogP contribution < -0.4 is 0 Å². The molecule has 1 aliphatic heterocycles. The summed E-state index contributed by atoms with van der Waals surface area (Å²) in [5.41, 5.74) is 5.68. The lowest BCUT2D eigenvalue weighted by Gasteiger charge is -2.32. The van der Waals surface area contributed by atoms with Crippen LogP contribution in [-0.2, 0) is 6.54 Å². The van der Waals surface area contributed by atoms with Gasteiger partial charge in [-0.05, 0) is 79.4 Å². The molecule has 0 atom stereocenters. The quantitative estimate of drug-likeness (QED) is 0.465. The Balaban J connectivity index is 1.26. The second-order valence-corrected chi connectivity index (χ2v) is 9.18. The molecule has 0 N–H and O–H groups in total. The van der Waals surface area contributed by atoms with Gasteiger partial charge in [-0.3, -0.25) is 4.79 Å². The lowest BCUT2D eigenvalue weighted by Crippen LogP contribution is -2.39. The number of hydrogen-bond acceptors (Lipinski definition) is 3. The third kappa shape index (κ3) is 3.45. The van der Waals surface area contributed by atoms with E-state index in [2.05, 4.69) is 35.5 Å². The topological polar surface area (TPSA) is 43.1 Å². The van der Waals surface area contributed by atoms with Gasteiger partial charge in [-0.1, -0.05) is 0 Å². The third-order valence-corrected chi connectivity index (χ3v) is 7.23. The normalized spacial score (nSPS) is 15.2. The van der Waals surface area contributed by atoms with Gasteiger partial charge in [-0.25, -0.2) is 4.98 Å². The fraction of sp³-hybridized carbons (Fsp3) is 0.333. The Bertz CT molecular complexity index is 1180. The molecule has 0 aliphatic carbocycles. The molecule has 1 fully saturated rings. The van der Waals surface area contributed by atoms with Gasteiger partial charge in [0.15, 0.2) is 0 Å². The summed E-state index contributed by atoms with van der Waals surface area (Å²) >= 11 is 1.61. The smallest absolute Gasteiger partial charge is 0.256 e. The highest BCUT2D eigenvalue weighted by Crippen LogP contribution is 2.27. The maximum absolute atomic E-state index is 13.1. The van der Waals surface area contributed by atoms with Crippen LogP contribution in [0, 0.1) is 19.8 Å². The maximum atomic E-state index is 13.1. The Morgan fingerprint density at radius 3 is 2.63 bits per heavy atom. The number of rotatable bonds is 4. The Kier molecular flexibility index (Phi) is 4.95. The van der Waals surface area contributed by atoms with Crippen molar-refractivity contribution < 1.29 is 4.79 Å². The van der Waals surface area contributed by atoms with Crippen molar-refractivity contribution in [2.24, 2.45) is 5.92 Å². The zero-order valence-electron chi connectivity index (χ0n) is 17.4. The molecule has 0 bridgehead atoms. The van der Waals surface area contributed by atoms with Crippen LogP contribution in [0.2, 0.25) is 0 Å². The second-order valence-electron chi connectivity index (χ2n) is 8.29. The molecule has 1 aliphatic rings. The Morgan fingerprint density at radius 1 is 1.13 bits per heavy atom. The molecule has 5 rings (SSSR count). The first-order valence-corrected chi connectivity index (χ1v) is 11.4. The number of nitrogens with zero attached hydrogens (tertiary/aromatic N) is 4. The van der Waals surface area contributed by atoms with Crippen LogP contribution >= 0.6 is 11.3 Å².